The average Bonchev–Trinajstić information content (AvgIpc) is 2.42. The van der Waals surface area contributed by atoms with E-state index >= 15 is 0 Å². The standard InChI is InChI=1S/C17H28OS/c1-3-4-5-6-7-8-9-16(18)14-19-17-12-10-15(2)11-13-17/h10-13,16,18H,3-9,14H2,1-2H3. The second-order valence-corrected chi connectivity index (χ2v) is 6.43. The van der Waals surface area contributed by atoms with E-state index in [4.69, 9.17) is 0 Å². The number of unbranched alkanes of at least 4 members (excludes halogenated alkanes) is 5. The molecule has 0 aliphatic carbocycles. The molecule has 0 aliphatic rings. The largest absolute Gasteiger partial charge is 0.392 e. The lowest BCUT2D eigenvalue weighted by Crippen LogP contribution is -2.09. The van der Waals surface area contributed by atoms with Crippen molar-refractivity contribution < 1.29 is 5.11 Å². The Kier molecular flexibility index (Phi) is 9.02. The van der Waals surface area contributed by atoms with Crippen LogP contribution in [0.25, 0.3) is 0 Å². The molecule has 1 N–H and O–H groups in total. The third-order valence-corrected chi connectivity index (χ3v) is 4.51. The molecular formula is C17H28OS. The molecule has 0 bridgehead atoms. The summed E-state index contributed by atoms with van der Waals surface area (Å²) in [6, 6.07) is 8.53. The number of aryl methyl sites for hydroxylation is 1. The highest BCUT2D eigenvalue weighted by Crippen LogP contribution is 2.20. The number of aliphatic hydroxyl groups is 1. The Morgan fingerprint density at radius 3 is 2.32 bits per heavy atom. The van der Waals surface area contributed by atoms with E-state index in [1.807, 2.05) is 0 Å². The Labute approximate surface area is 122 Å². The minimum Gasteiger partial charge on any atom is -0.392 e. The third kappa shape index (κ3) is 8.33. The monoisotopic (exact) mass is 280 g/mol. The van der Waals surface area contributed by atoms with Gasteiger partial charge in [-0.1, -0.05) is 63.1 Å². The van der Waals surface area contributed by atoms with E-state index in [1.165, 1.54) is 49.0 Å². The summed E-state index contributed by atoms with van der Waals surface area (Å²) in [6.45, 7) is 4.34. The highest BCUT2D eigenvalue weighted by atomic mass is 32.2. The molecule has 0 fully saturated rings. The molecule has 1 rings (SSSR count). The van der Waals surface area contributed by atoms with Gasteiger partial charge < -0.3 is 5.11 Å². The summed E-state index contributed by atoms with van der Waals surface area (Å²) < 4.78 is 0. The Bertz CT molecular complexity index is 321. The smallest absolute Gasteiger partial charge is 0.0634 e. The van der Waals surface area contributed by atoms with E-state index in [-0.39, 0.29) is 6.10 Å². The van der Waals surface area contributed by atoms with Gasteiger partial charge in [0, 0.05) is 10.6 Å². The van der Waals surface area contributed by atoms with Crippen LogP contribution in [0.5, 0.6) is 0 Å². The normalized spacial score (nSPS) is 12.6. The summed E-state index contributed by atoms with van der Waals surface area (Å²) in [7, 11) is 0. The first-order valence-electron chi connectivity index (χ1n) is 7.60. The highest BCUT2D eigenvalue weighted by Gasteiger charge is 2.04. The van der Waals surface area contributed by atoms with Crippen molar-refractivity contribution >= 4 is 11.8 Å². The molecule has 1 nitrogen and oxygen atoms in total. The predicted octanol–water partition coefficient (Wildman–Crippen LogP) is 5.20. The summed E-state index contributed by atoms with van der Waals surface area (Å²) >= 11 is 1.76. The fourth-order valence-corrected chi connectivity index (χ4v) is 2.95. The third-order valence-electron chi connectivity index (χ3n) is 3.35. The van der Waals surface area contributed by atoms with Crippen LogP contribution in [0.2, 0.25) is 0 Å². The second-order valence-electron chi connectivity index (χ2n) is 5.33. The quantitative estimate of drug-likeness (QED) is 0.469. The van der Waals surface area contributed by atoms with Gasteiger partial charge in [-0.3, -0.25) is 0 Å². The van der Waals surface area contributed by atoms with E-state index in [1.54, 1.807) is 11.8 Å². The van der Waals surface area contributed by atoms with Gasteiger partial charge >= 0.3 is 0 Å². The van der Waals surface area contributed by atoms with Gasteiger partial charge in [-0.05, 0) is 25.5 Å². The Morgan fingerprint density at radius 1 is 1.00 bits per heavy atom. The van der Waals surface area contributed by atoms with E-state index < -0.39 is 0 Å². The van der Waals surface area contributed by atoms with E-state index in [2.05, 4.69) is 38.1 Å². The van der Waals surface area contributed by atoms with Gasteiger partial charge in [-0.15, -0.1) is 11.8 Å². The molecule has 0 saturated heterocycles. The first kappa shape index (κ1) is 16.6. The molecule has 0 saturated carbocycles. The van der Waals surface area contributed by atoms with Crippen LogP contribution in [0.3, 0.4) is 0 Å². The maximum absolute atomic E-state index is 9.95. The van der Waals surface area contributed by atoms with Crippen LogP contribution in [0, 0.1) is 6.92 Å². The lowest BCUT2D eigenvalue weighted by Gasteiger charge is -2.10. The first-order chi connectivity index (χ1) is 9.22. The predicted molar refractivity (Wildman–Crippen MR) is 85.9 cm³/mol. The molecule has 19 heavy (non-hydrogen) atoms. The molecule has 108 valence electrons. The summed E-state index contributed by atoms with van der Waals surface area (Å²) in [5.41, 5.74) is 1.29. The number of thioether (sulfide) groups is 1. The molecule has 2 heteroatoms. The van der Waals surface area contributed by atoms with Gasteiger partial charge in [0.05, 0.1) is 6.10 Å². The Balaban J connectivity index is 2.04. The van der Waals surface area contributed by atoms with Crippen molar-refractivity contribution in [3.05, 3.63) is 29.8 Å². The molecule has 1 aromatic carbocycles. The van der Waals surface area contributed by atoms with Gasteiger partial charge in [-0.25, -0.2) is 0 Å². The minimum absolute atomic E-state index is 0.155. The van der Waals surface area contributed by atoms with Gasteiger partial charge in [0.1, 0.15) is 0 Å². The molecule has 0 heterocycles. The van der Waals surface area contributed by atoms with Crippen molar-refractivity contribution in [3.63, 3.8) is 0 Å². The van der Waals surface area contributed by atoms with Crippen LogP contribution in [0.4, 0.5) is 0 Å². The van der Waals surface area contributed by atoms with Crippen LogP contribution in [-0.4, -0.2) is 17.0 Å². The number of hydrogen-bond acceptors (Lipinski definition) is 2. The van der Waals surface area contributed by atoms with Crippen molar-refractivity contribution in [2.75, 3.05) is 5.75 Å². The number of hydrogen-bond donors (Lipinski definition) is 1. The molecule has 0 spiro atoms. The van der Waals surface area contributed by atoms with Crippen molar-refractivity contribution in [1.82, 2.24) is 0 Å². The summed E-state index contributed by atoms with van der Waals surface area (Å²) in [5, 5.41) is 9.95. The van der Waals surface area contributed by atoms with Gasteiger partial charge in [0.25, 0.3) is 0 Å². The number of aliphatic hydroxyl groups excluding tert-OH is 1. The Hall–Kier alpha value is -0.470. The lowest BCUT2D eigenvalue weighted by atomic mass is 10.1. The van der Waals surface area contributed by atoms with Crippen molar-refractivity contribution in [3.8, 4) is 0 Å². The van der Waals surface area contributed by atoms with E-state index in [9.17, 15) is 5.11 Å². The summed E-state index contributed by atoms with van der Waals surface area (Å²) in [4.78, 5) is 1.26. The topological polar surface area (TPSA) is 20.2 Å². The summed E-state index contributed by atoms with van der Waals surface area (Å²) in [6.07, 6.45) is 8.56. The SMILES string of the molecule is CCCCCCCCC(O)CSc1ccc(C)cc1. The van der Waals surface area contributed by atoms with Crippen LogP contribution >= 0.6 is 11.8 Å². The molecule has 0 aliphatic heterocycles. The zero-order valence-electron chi connectivity index (χ0n) is 12.4. The van der Waals surface area contributed by atoms with Gasteiger partial charge in [0.15, 0.2) is 0 Å². The highest BCUT2D eigenvalue weighted by molar-refractivity contribution is 7.99. The minimum atomic E-state index is -0.155. The van der Waals surface area contributed by atoms with Crippen molar-refractivity contribution in [2.45, 2.75) is 69.8 Å². The fourth-order valence-electron chi connectivity index (χ4n) is 2.07. The molecule has 1 aromatic rings. The molecular weight excluding hydrogens is 252 g/mol. The molecule has 1 atom stereocenters. The average molecular weight is 280 g/mol. The molecule has 1 unspecified atom stereocenters. The van der Waals surface area contributed by atoms with E-state index in [0.29, 0.717) is 0 Å². The molecule has 0 radical (unpaired) electrons. The second kappa shape index (κ2) is 10.3. The fraction of sp³-hybridized carbons (Fsp3) is 0.647. The van der Waals surface area contributed by atoms with E-state index in [0.717, 1.165) is 12.2 Å². The Morgan fingerprint density at radius 2 is 1.63 bits per heavy atom. The first-order valence-corrected chi connectivity index (χ1v) is 8.58. The van der Waals surface area contributed by atoms with Crippen LogP contribution in [0.15, 0.2) is 29.2 Å². The summed E-state index contributed by atoms with van der Waals surface area (Å²) in [5.74, 6) is 0.817. The van der Waals surface area contributed by atoms with Crippen molar-refractivity contribution in [1.29, 1.82) is 0 Å². The zero-order valence-corrected chi connectivity index (χ0v) is 13.2. The number of rotatable bonds is 10. The van der Waals surface area contributed by atoms with Gasteiger partial charge in [-0.2, -0.15) is 0 Å². The van der Waals surface area contributed by atoms with Crippen LogP contribution < -0.4 is 0 Å². The maximum atomic E-state index is 9.95. The van der Waals surface area contributed by atoms with Crippen LogP contribution in [-0.2, 0) is 0 Å². The number of benzene rings is 1. The zero-order chi connectivity index (χ0) is 13.9. The lowest BCUT2D eigenvalue weighted by molar-refractivity contribution is 0.185. The van der Waals surface area contributed by atoms with Gasteiger partial charge in [0.2, 0.25) is 0 Å². The molecule has 0 aromatic heterocycles. The van der Waals surface area contributed by atoms with Crippen molar-refractivity contribution in [2.24, 2.45) is 0 Å². The molecule has 0 amide bonds. The maximum Gasteiger partial charge on any atom is 0.0634 e. The van der Waals surface area contributed by atoms with Crippen LogP contribution in [0.1, 0.15) is 57.4 Å².